The predicted molar refractivity (Wildman–Crippen MR) is 108 cm³/mol. The Morgan fingerprint density at radius 3 is 2.65 bits per heavy atom. The number of alkyl halides is 1. The molecule has 0 N–H and O–H groups in total. The van der Waals surface area contributed by atoms with Crippen molar-refractivity contribution in [2.24, 2.45) is 11.3 Å². The topological polar surface area (TPSA) is 12.9 Å². The van der Waals surface area contributed by atoms with E-state index >= 15 is 4.39 Å². The van der Waals surface area contributed by atoms with Crippen molar-refractivity contribution in [2.75, 3.05) is 0 Å². The number of rotatable bonds is 6. The zero-order chi connectivity index (χ0) is 18.6. The first-order valence-corrected chi connectivity index (χ1v) is 9.64. The summed E-state index contributed by atoms with van der Waals surface area (Å²) in [6, 6.07) is 14.4. The van der Waals surface area contributed by atoms with Gasteiger partial charge in [-0.25, -0.2) is 4.39 Å². The molecule has 0 amide bonds. The molecular weight excluding hydrogens is 321 g/mol. The molecule has 0 aliphatic heterocycles. The molecule has 3 rings (SSSR count). The summed E-state index contributed by atoms with van der Waals surface area (Å²) in [5.41, 5.74) is 1.57. The van der Waals surface area contributed by atoms with E-state index in [1.165, 1.54) is 16.0 Å². The van der Waals surface area contributed by atoms with E-state index < -0.39 is 11.6 Å². The third-order valence-corrected chi connectivity index (χ3v) is 5.61. The minimum Gasteiger partial charge on any atom is -0.257 e. The molecule has 0 fully saturated rings. The van der Waals surface area contributed by atoms with Crippen molar-refractivity contribution in [3.05, 3.63) is 76.9 Å². The first-order chi connectivity index (χ1) is 12.6. The number of pyridine rings is 1. The van der Waals surface area contributed by atoms with Gasteiger partial charge in [0.2, 0.25) is 0 Å². The maximum absolute atomic E-state index is 15.3. The molecule has 0 radical (unpaired) electrons. The van der Waals surface area contributed by atoms with E-state index in [-0.39, 0.29) is 5.92 Å². The standard InChI is InChI=1S/C24H28FN/c1-4-6-16-24(3,22(25)5-2)20-15-14-18-11-7-8-12-19(18)23(20)21-13-9-10-17-26-21/h6-14,16-17,20,22H,4-5,15H2,1-3H3. The van der Waals surface area contributed by atoms with Crippen LogP contribution in [0.15, 0.2) is 60.8 Å². The highest BCUT2D eigenvalue weighted by Crippen LogP contribution is 2.45. The fraction of sp³-hybridized carbons (Fsp3) is 0.375. The lowest BCUT2D eigenvalue weighted by atomic mass is 9.65. The van der Waals surface area contributed by atoms with Gasteiger partial charge in [-0.3, -0.25) is 4.98 Å². The van der Waals surface area contributed by atoms with Crippen molar-refractivity contribution in [2.45, 2.75) is 46.2 Å². The fourth-order valence-electron chi connectivity index (χ4n) is 4.12. The largest absolute Gasteiger partial charge is 0.257 e. The van der Waals surface area contributed by atoms with Gasteiger partial charge in [0.05, 0.1) is 5.69 Å². The van der Waals surface area contributed by atoms with Crippen molar-refractivity contribution in [3.63, 3.8) is 0 Å². The van der Waals surface area contributed by atoms with Gasteiger partial charge >= 0.3 is 0 Å². The highest BCUT2D eigenvalue weighted by Gasteiger charge is 2.41. The van der Waals surface area contributed by atoms with E-state index in [2.05, 4.69) is 61.3 Å². The summed E-state index contributed by atoms with van der Waals surface area (Å²) in [6.45, 7) is 6.11. The van der Waals surface area contributed by atoms with Crippen LogP contribution >= 0.6 is 0 Å². The Hall–Kier alpha value is -2.22. The Bertz CT molecular complexity index is 884. The van der Waals surface area contributed by atoms with Crippen LogP contribution < -0.4 is 10.4 Å². The third-order valence-electron chi connectivity index (χ3n) is 5.61. The van der Waals surface area contributed by atoms with Gasteiger partial charge in [-0.05, 0) is 47.4 Å². The lowest BCUT2D eigenvalue weighted by molar-refractivity contribution is 0.128. The molecule has 1 nitrogen and oxygen atoms in total. The quantitative estimate of drug-likeness (QED) is 0.683. The molecule has 26 heavy (non-hydrogen) atoms. The van der Waals surface area contributed by atoms with Crippen LogP contribution in [0.2, 0.25) is 0 Å². The Morgan fingerprint density at radius 2 is 1.96 bits per heavy atom. The van der Waals surface area contributed by atoms with Crippen molar-refractivity contribution in [1.29, 1.82) is 0 Å². The molecule has 0 spiro atoms. The maximum atomic E-state index is 15.3. The molecule has 1 aliphatic carbocycles. The molecule has 3 atom stereocenters. The van der Waals surface area contributed by atoms with Gasteiger partial charge in [0.15, 0.2) is 0 Å². The molecule has 1 aliphatic rings. The smallest absolute Gasteiger partial charge is 0.109 e. The number of fused-ring (bicyclic) bond motifs is 1. The minimum atomic E-state index is -0.896. The van der Waals surface area contributed by atoms with Crippen LogP contribution in [0.4, 0.5) is 4.39 Å². The molecular formula is C24H28FN. The zero-order valence-electron chi connectivity index (χ0n) is 16.0. The first kappa shape index (κ1) is 18.6. The predicted octanol–water partition coefficient (Wildman–Crippen LogP) is 4.80. The zero-order valence-corrected chi connectivity index (χ0v) is 16.0. The Balaban J connectivity index is 2.27. The second-order valence-electron chi connectivity index (χ2n) is 7.26. The molecule has 1 aromatic carbocycles. The highest BCUT2D eigenvalue weighted by atomic mass is 19.1. The Labute approximate surface area is 156 Å². The minimum absolute atomic E-state index is 0.0602. The number of allylic oxidation sites excluding steroid dienone is 2. The summed E-state index contributed by atoms with van der Waals surface area (Å²) in [5.74, 6) is 0.0602. The number of hydrogen-bond donors (Lipinski definition) is 0. The van der Waals surface area contributed by atoms with Gasteiger partial charge in [-0.15, -0.1) is 0 Å². The number of halogens is 1. The lowest BCUT2D eigenvalue weighted by Gasteiger charge is -2.40. The number of aromatic nitrogens is 1. The molecule has 2 aromatic rings. The average Bonchev–Trinajstić information content (AvgIpc) is 2.71. The van der Waals surface area contributed by atoms with Gasteiger partial charge in [0.25, 0.3) is 0 Å². The molecule has 136 valence electrons. The van der Waals surface area contributed by atoms with Crippen LogP contribution in [-0.4, -0.2) is 11.2 Å². The Morgan fingerprint density at radius 1 is 1.19 bits per heavy atom. The van der Waals surface area contributed by atoms with E-state index in [4.69, 9.17) is 0 Å². The van der Waals surface area contributed by atoms with Gasteiger partial charge in [0, 0.05) is 17.5 Å². The SMILES string of the molecule is CCC=CC(C)(C(F)CC)C1CC=c2ccccc2=C1c1ccccn1. The normalized spacial score (nSPS) is 20.3. The van der Waals surface area contributed by atoms with Gasteiger partial charge in [-0.1, -0.05) is 69.3 Å². The summed E-state index contributed by atoms with van der Waals surface area (Å²) < 4.78 is 15.3. The van der Waals surface area contributed by atoms with Crippen LogP contribution in [-0.2, 0) is 0 Å². The molecule has 2 heteroatoms. The van der Waals surface area contributed by atoms with Gasteiger partial charge in [0.1, 0.15) is 6.17 Å². The summed E-state index contributed by atoms with van der Waals surface area (Å²) >= 11 is 0. The van der Waals surface area contributed by atoms with Crippen molar-refractivity contribution < 1.29 is 4.39 Å². The lowest BCUT2D eigenvalue weighted by Crippen LogP contribution is -2.42. The first-order valence-electron chi connectivity index (χ1n) is 9.64. The monoisotopic (exact) mass is 349 g/mol. The highest BCUT2D eigenvalue weighted by molar-refractivity contribution is 5.68. The number of benzene rings is 1. The van der Waals surface area contributed by atoms with E-state index in [0.717, 1.165) is 18.5 Å². The summed E-state index contributed by atoms with van der Waals surface area (Å²) in [7, 11) is 0. The molecule has 0 saturated heterocycles. The summed E-state index contributed by atoms with van der Waals surface area (Å²) in [6.07, 6.45) is 9.66. The van der Waals surface area contributed by atoms with E-state index in [1.54, 1.807) is 0 Å². The second-order valence-corrected chi connectivity index (χ2v) is 7.26. The van der Waals surface area contributed by atoms with Gasteiger partial charge in [-0.2, -0.15) is 0 Å². The van der Waals surface area contributed by atoms with Crippen LogP contribution in [0.3, 0.4) is 0 Å². The van der Waals surface area contributed by atoms with Crippen LogP contribution in [0, 0.1) is 11.3 Å². The van der Waals surface area contributed by atoms with Crippen molar-refractivity contribution in [1.82, 2.24) is 4.98 Å². The molecule has 1 heterocycles. The van der Waals surface area contributed by atoms with E-state index in [1.807, 2.05) is 31.3 Å². The van der Waals surface area contributed by atoms with Crippen LogP contribution in [0.25, 0.3) is 11.6 Å². The number of hydrogen-bond acceptors (Lipinski definition) is 1. The average molecular weight is 349 g/mol. The van der Waals surface area contributed by atoms with Crippen molar-refractivity contribution in [3.8, 4) is 0 Å². The second kappa shape index (κ2) is 7.99. The van der Waals surface area contributed by atoms with E-state index in [0.29, 0.717) is 6.42 Å². The fourth-order valence-corrected chi connectivity index (χ4v) is 4.12. The number of nitrogens with zero attached hydrogens (tertiary/aromatic N) is 1. The molecule has 3 unspecified atom stereocenters. The Kier molecular flexibility index (Phi) is 5.70. The van der Waals surface area contributed by atoms with Gasteiger partial charge < -0.3 is 0 Å². The molecule has 1 aromatic heterocycles. The summed E-state index contributed by atoms with van der Waals surface area (Å²) in [5, 5.41) is 2.40. The molecule has 0 bridgehead atoms. The third kappa shape index (κ3) is 3.38. The van der Waals surface area contributed by atoms with Crippen LogP contribution in [0.1, 0.15) is 45.7 Å². The maximum Gasteiger partial charge on any atom is 0.109 e. The molecule has 0 saturated carbocycles. The van der Waals surface area contributed by atoms with Crippen LogP contribution in [0.5, 0.6) is 0 Å². The van der Waals surface area contributed by atoms with E-state index in [9.17, 15) is 0 Å². The summed E-state index contributed by atoms with van der Waals surface area (Å²) in [4.78, 5) is 4.63. The van der Waals surface area contributed by atoms with Crippen molar-refractivity contribution >= 4 is 11.6 Å².